The molecule has 0 saturated heterocycles. The maximum Gasteiger partial charge on any atom is 0.273 e. The lowest BCUT2D eigenvalue weighted by atomic mass is 10.0. The van der Waals surface area contributed by atoms with Crippen LogP contribution in [0.1, 0.15) is 36.2 Å². The van der Waals surface area contributed by atoms with Gasteiger partial charge < -0.3 is 10.4 Å². The van der Waals surface area contributed by atoms with Crippen molar-refractivity contribution in [3.8, 4) is 5.69 Å². The van der Waals surface area contributed by atoms with Crippen LogP contribution in [-0.4, -0.2) is 38.2 Å². The number of hydrogen-bond acceptors (Lipinski definition) is 4. The smallest absolute Gasteiger partial charge is 0.273 e. The van der Waals surface area contributed by atoms with E-state index in [1.807, 2.05) is 12.1 Å². The number of para-hydroxylation sites is 1. The Labute approximate surface area is 133 Å². The largest absolute Gasteiger partial charge is 0.388 e. The molecule has 1 aromatic heterocycles. The first kappa shape index (κ1) is 15.0. The van der Waals surface area contributed by atoms with Crippen LogP contribution in [0.3, 0.4) is 0 Å². The number of rotatable bonds is 4. The molecule has 6 nitrogen and oxygen atoms in total. The van der Waals surface area contributed by atoms with Crippen molar-refractivity contribution in [1.29, 1.82) is 0 Å². The molecule has 1 aromatic carbocycles. The van der Waals surface area contributed by atoms with Gasteiger partial charge in [-0.3, -0.25) is 4.79 Å². The molecule has 7 heteroatoms. The molecule has 0 bridgehead atoms. The van der Waals surface area contributed by atoms with Gasteiger partial charge in [0.25, 0.3) is 5.91 Å². The molecule has 0 aliphatic heterocycles. The Morgan fingerprint density at radius 2 is 2.09 bits per heavy atom. The molecular weight excluding hydrogens is 304 g/mol. The van der Waals surface area contributed by atoms with Crippen LogP contribution in [0.15, 0.2) is 30.5 Å². The summed E-state index contributed by atoms with van der Waals surface area (Å²) < 4.78 is 1.46. The number of carbonyl (C=O) groups excluding carboxylic acids is 1. The van der Waals surface area contributed by atoms with E-state index < -0.39 is 5.60 Å². The molecule has 0 atom stereocenters. The van der Waals surface area contributed by atoms with Gasteiger partial charge in [-0.1, -0.05) is 41.8 Å². The van der Waals surface area contributed by atoms with Crippen LogP contribution in [0.5, 0.6) is 0 Å². The van der Waals surface area contributed by atoms with E-state index in [9.17, 15) is 9.90 Å². The van der Waals surface area contributed by atoms with Gasteiger partial charge in [-0.2, -0.15) is 0 Å². The molecular formula is C15H17ClN4O2. The van der Waals surface area contributed by atoms with Crippen molar-refractivity contribution < 1.29 is 9.90 Å². The van der Waals surface area contributed by atoms with Crippen molar-refractivity contribution in [2.45, 2.75) is 31.3 Å². The monoisotopic (exact) mass is 320 g/mol. The van der Waals surface area contributed by atoms with E-state index in [0.717, 1.165) is 25.7 Å². The van der Waals surface area contributed by atoms with Gasteiger partial charge >= 0.3 is 0 Å². The second-order valence-electron chi connectivity index (χ2n) is 5.61. The third-order valence-corrected chi connectivity index (χ3v) is 4.26. The van der Waals surface area contributed by atoms with Crippen molar-refractivity contribution in [1.82, 2.24) is 20.3 Å². The van der Waals surface area contributed by atoms with E-state index >= 15 is 0 Å². The average Bonchev–Trinajstić information content (AvgIpc) is 3.15. The fraction of sp³-hybridized carbons (Fsp3) is 0.400. The van der Waals surface area contributed by atoms with Crippen LogP contribution in [0.4, 0.5) is 0 Å². The normalized spacial score (nSPS) is 16.6. The van der Waals surface area contributed by atoms with Gasteiger partial charge in [-0.15, -0.1) is 5.10 Å². The summed E-state index contributed by atoms with van der Waals surface area (Å²) in [4.78, 5) is 12.1. The molecule has 0 spiro atoms. The summed E-state index contributed by atoms with van der Waals surface area (Å²) in [5.41, 5.74) is 0.0700. The molecule has 1 amide bonds. The predicted molar refractivity (Wildman–Crippen MR) is 82.1 cm³/mol. The number of nitrogens with zero attached hydrogens (tertiary/aromatic N) is 3. The number of carbonyl (C=O) groups is 1. The van der Waals surface area contributed by atoms with Gasteiger partial charge in [0.1, 0.15) is 0 Å². The van der Waals surface area contributed by atoms with Gasteiger partial charge in [0.2, 0.25) is 0 Å². The van der Waals surface area contributed by atoms with Crippen LogP contribution in [-0.2, 0) is 0 Å². The van der Waals surface area contributed by atoms with Gasteiger partial charge in [-0.05, 0) is 25.0 Å². The maximum absolute atomic E-state index is 12.1. The number of aliphatic hydroxyl groups is 1. The SMILES string of the molecule is O=C(NCC1(O)CCCC1)c1cn(-c2ccccc2Cl)nn1. The van der Waals surface area contributed by atoms with Gasteiger partial charge in [0, 0.05) is 6.54 Å². The molecule has 1 aliphatic rings. The predicted octanol–water partition coefficient (Wildman–Crippen LogP) is 1.96. The summed E-state index contributed by atoms with van der Waals surface area (Å²) in [7, 11) is 0. The number of amides is 1. The molecule has 0 unspecified atom stereocenters. The Hall–Kier alpha value is -1.92. The summed E-state index contributed by atoms with van der Waals surface area (Å²) in [6.45, 7) is 0.241. The fourth-order valence-electron chi connectivity index (χ4n) is 2.67. The molecule has 0 radical (unpaired) electrons. The van der Waals surface area contributed by atoms with E-state index in [0.29, 0.717) is 10.7 Å². The van der Waals surface area contributed by atoms with E-state index in [1.54, 1.807) is 12.1 Å². The zero-order chi connectivity index (χ0) is 15.6. The standard InChI is InChI=1S/C15H17ClN4O2/c16-11-5-1-2-6-13(11)20-9-12(18-19-20)14(21)17-10-15(22)7-3-4-8-15/h1-2,5-6,9,22H,3-4,7-8,10H2,(H,17,21). The Morgan fingerprint density at radius 3 is 2.82 bits per heavy atom. The third-order valence-electron chi connectivity index (χ3n) is 3.94. The first-order valence-corrected chi connectivity index (χ1v) is 7.63. The van der Waals surface area contributed by atoms with Crippen molar-refractivity contribution in [2.24, 2.45) is 0 Å². The fourth-order valence-corrected chi connectivity index (χ4v) is 2.89. The number of benzene rings is 1. The Kier molecular flexibility index (Phi) is 4.13. The second-order valence-corrected chi connectivity index (χ2v) is 6.02. The average molecular weight is 321 g/mol. The lowest BCUT2D eigenvalue weighted by molar-refractivity contribution is 0.0448. The second kappa shape index (κ2) is 6.06. The minimum atomic E-state index is -0.783. The van der Waals surface area contributed by atoms with Crippen molar-refractivity contribution in [3.05, 3.63) is 41.2 Å². The van der Waals surface area contributed by atoms with Crippen molar-refractivity contribution >= 4 is 17.5 Å². The van der Waals surface area contributed by atoms with Crippen molar-refractivity contribution in [2.75, 3.05) is 6.54 Å². The van der Waals surface area contributed by atoms with E-state index in [2.05, 4.69) is 15.6 Å². The molecule has 2 N–H and O–H groups in total. The zero-order valence-corrected chi connectivity index (χ0v) is 12.8. The molecule has 1 fully saturated rings. The minimum Gasteiger partial charge on any atom is -0.388 e. The molecule has 1 saturated carbocycles. The summed E-state index contributed by atoms with van der Waals surface area (Å²) >= 11 is 6.09. The van der Waals surface area contributed by atoms with Crippen LogP contribution in [0.2, 0.25) is 5.02 Å². The zero-order valence-electron chi connectivity index (χ0n) is 12.0. The number of hydrogen-bond donors (Lipinski definition) is 2. The summed E-state index contributed by atoms with van der Waals surface area (Å²) in [6, 6.07) is 7.19. The summed E-state index contributed by atoms with van der Waals surface area (Å²) in [6.07, 6.45) is 4.96. The van der Waals surface area contributed by atoms with Crippen LogP contribution in [0, 0.1) is 0 Å². The lowest BCUT2D eigenvalue weighted by Crippen LogP contribution is -2.40. The highest BCUT2D eigenvalue weighted by Crippen LogP contribution is 2.28. The Balaban J connectivity index is 1.68. The van der Waals surface area contributed by atoms with Gasteiger partial charge in [0.15, 0.2) is 5.69 Å². The molecule has 1 heterocycles. The highest BCUT2D eigenvalue weighted by Gasteiger charge is 2.31. The van der Waals surface area contributed by atoms with Crippen LogP contribution in [0.25, 0.3) is 5.69 Å². The maximum atomic E-state index is 12.1. The topological polar surface area (TPSA) is 80.0 Å². The summed E-state index contributed by atoms with van der Waals surface area (Å²) in [5, 5.41) is 21.3. The first-order chi connectivity index (χ1) is 10.6. The number of aromatic nitrogens is 3. The Morgan fingerprint density at radius 1 is 1.36 bits per heavy atom. The lowest BCUT2D eigenvalue weighted by Gasteiger charge is -2.21. The molecule has 116 valence electrons. The quantitative estimate of drug-likeness (QED) is 0.902. The van der Waals surface area contributed by atoms with Gasteiger partial charge in [-0.25, -0.2) is 4.68 Å². The van der Waals surface area contributed by atoms with Gasteiger partial charge in [0.05, 0.1) is 22.5 Å². The van der Waals surface area contributed by atoms with E-state index in [4.69, 9.17) is 11.6 Å². The number of nitrogens with one attached hydrogen (secondary N) is 1. The third kappa shape index (κ3) is 3.13. The van der Waals surface area contributed by atoms with Crippen molar-refractivity contribution in [3.63, 3.8) is 0 Å². The highest BCUT2D eigenvalue weighted by atomic mass is 35.5. The number of halogens is 1. The molecule has 22 heavy (non-hydrogen) atoms. The van der Waals surface area contributed by atoms with Crippen LogP contribution >= 0.6 is 11.6 Å². The van der Waals surface area contributed by atoms with E-state index in [1.165, 1.54) is 10.9 Å². The summed E-state index contributed by atoms with van der Waals surface area (Å²) in [5.74, 6) is -0.348. The Bertz CT molecular complexity index is 680. The molecule has 3 rings (SSSR count). The minimum absolute atomic E-state index is 0.196. The molecule has 1 aliphatic carbocycles. The van der Waals surface area contributed by atoms with E-state index in [-0.39, 0.29) is 18.1 Å². The first-order valence-electron chi connectivity index (χ1n) is 7.25. The highest BCUT2D eigenvalue weighted by molar-refractivity contribution is 6.32. The van der Waals surface area contributed by atoms with Crippen LogP contribution < -0.4 is 5.32 Å². The molecule has 2 aromatic rings.